The molecule has 2 unspecified atom stereocenters. The maximum atomic E-state index is 13.9. The van der Waals surface area contributed by atoms with Crippen molar-refractivity contribution in [3.05, 3.63) is 12.0 Å². The fourth-order valence-electron chi connectivity index (χ4n) is 4.10. The second kappa shape index (κ2) is 6.56. The van der Waals surface area contributed by atoms with E-state index in [1.54, 1.807) is 6.92 Å². The first-order chi connectivity index (χ1) is 13.1. The lowest BCUT2D eigenvalue weighted by Gasteiger charge is -2.34. The van der Waals surface area contributed by atoms with Crippen LogP contribution in [-0.4, -0.2) is 48.8 Å². The molecule has 11 heteroatoms. The van der Waals surface area contributed by atoms with Crippen LogP contribution >= 0.6 is 0 Å². The topological polar surface area (TPSA) is 96.6 Å². The predicted octanol–water partition coefficient (Wildman–Crippen LogP) is 3.33. The molecule has 2 aliphatic carbocycles. The van der Waals surface area contributed by atoms with Crippen LogP contribution in [0.15, 0.2) is 6.20 Å². The molecule has 0 aromatic carbocycles. The summed E-state index contributed by atoms with van der Waals surface area (Å²) in [7, 11) is 0. The summed E-state index contributed by atoms with van der Waals surface area (Å²) in [4.78, 5) is 21.1. The molecule has 0 spiro atoms. The second-order valence-electron chi connectivity index (χ2n) is 7.61. The van der Waals surface area contributed by atoms with Crippen LogP contribution in [0.1, 0.15) is 44.3 Å². The van der Waals surface area contributed by atoms with Crippen molar-refractivity contribution in [1.82, 2.24) is 24.9 Å². The third-order valence-electron chi connectivity index (χ3n) is 5.36. The van der Waals surface area contributed by atoms with Crippen LogP contribution in [0.5, 0.6) is 0 Å². The number of halogens is 4. The summed E-state index contributed by atoms with van der Waals surface area (Å²) in [5.41, 5.74) is 6.31. The van der Waals surface area contributed by atoms with Gasteiger partial charge in [0.15, 0.2) is 5.82 Å². The second-order valence-corrected chi connectivity index (χ2v) is 7.61. The van der Waals surface area contributed by atoms with Crippen molar-refractivity contribution in [3.8, 4) is 11.5 Å². The van der Waals surface area contributed by atoms with Crippen LogP contribution < -0.4 is 10.6 Å². The van der Waals surface area contributed by atoms with E-state index in [4.69, 9.17) is 5.73 Å². The van der Waals surface area contributed by atoms with E-state index < -0.39 is 36.8 Å². The zero-order chi connectivity index (χ0) is 20.1. The standard InChI is InChI=1S/C17H21F4N7/c1-9-23-8-12(24-9)13-25-14(22)27-15(26-13)28(10-2-4-16(18,19)6-10)11-3-5-17(20,21)7-11/h8,10-11H,2-7H2,1H3,(H,23,24)(H2,22,25,26,27). The smallest absolute Gasteiger partial charge is 0.250 e. The lowest BCUT2D eigenvalue weighted by molar-refractivity contribution is 0.00541. The number of imidazole rings is 1. The summed E-state index contributed by atoms with van der Waals surface area (Å²) in [5, 5.41) is 0. The zero-order valence-electron chi connectivity index (χ0n) is 15.3. The monoisotopic (exact) mass is 399 g/mol. The number of nitrogens with two attached hydrogens (primary N) is 1. The molecular formula is C17H21F4N7. The Kier molecular flexibility index (Phi) is 4.42. The molecule has 28 heavy (non-hydrogen) atoms. The third kappa shape index (κ3) is 3.74. The van der Waals surface area contributed by atoms with Gasteiger partial charge < -0.3 is 15.6 Å². The number of rotatable bonds is 4. The van der Waals surface area contributed by atoms with Gasteiger partial charge in [0.05, 0.1) is 6.20 Å². The Bertz CT molecular complexity index is 843. The van der Waals surface area contributed by atoms with Gasteiger partial charge in [-0.1, -0.05) is 0 Å². The Balaban J connectivity index is 1.73. The highest BCUT2D eigenvalue weighted by Crippen LogP contribution is 2.44. The number of nitrogens with zero attached hydrogens (tertiary/aromatic N) is 5. The van der Waals surface area contributed by atoms with Crippen molar-refractivity contribution in [2.24, 2.45) is 0 Å². The van der Waals surface area contributed by atoms with Crippen molar-refractivity contribution < 1.29 is 17.6 Å². The Morgan fingerprint density at radius 1 is 1.04 bits per heavy atom. The van der Waals surface area contributed by atoms with Gasteiger partial charge in [0.2, 0.25) is 23.7 Å². The highest BCUT2D eigenvalue weighted by molar-refractivity contribution is 5.53. The molecule has 2 aromatic rings. The van der Waals surface area contributed by atoms with Crippen LogP contribution in [-0.2, 0) is 0 Å². The number of aryl methyl sites for hydroxylation is 1. The number of aromatic nitrogens is 5. The molecule has 7 nitrogen and oxygen atoms in total. The van der Waals surface area contributed by atoms with E-state index in [0.29, 0.717) is 11.5 Å². The maximum Gasteiger partial charge on any atom is 0.250 e. The lowest BCUT2D eigenvalue weighted by Crippen LogP contribution is -2.43. The van der Waals surface area contributed by atoms with Gasteiger partial charge in [0.1, 0.15) is 11.5 Å². The van der Waals surface area contributed by atoms with Crippen LogP contribution in [0, 0.1) is 6.92 Å². The van der Waals surface area contributed by atoms with Gasteiger partial charge in [0.25, 0.3) is 0 Å². The van der Waals surface area contributed by atoms with Gasteiger partial charge in [-0.2, -0.15) is 15.0 Å². The molecule has 4 rings (SSSR count). The number of nitrogen functional groups attached to an aromatic ring is 1. The molecule has 0 amide bonds. The SMILES string of the molecule is Cc1ncc(-c2nc(N)nc(N(C3CCC(F)(F)C3)C3CCC(F)(F)C3)n2)[nH]1. The quantitative estimate of drug-likeness (QED) is 0.766. The van der Waals surface area contributed by atoms with Gasteiger partial charge >= 0.3 is 0 Å². The molecule has 2 atom stereocenters. The number of alkyl halides is 4. The van der Waals surface area contributed by atoms with Gasteiger partial charge in [-0.15, -0.1) is 0 Å². The first-order valence-corrected chi connectivity index (χ1v) is 9.19. The molecule has 0 bridgehead atoms. The third-order valence-corrected chi connectivity index (χ3v) is 5.36. The lowest BCUT2D eigenvalue weighted by atomic mass is 10.1. The molecular weight excluding hydrogens is 378 g/mol. The van der Waals surface area contributed by atoms with Crippen LogP contribution in [0.3, 0.4) is 0 Å². The first-order valence-electron chi connectivity index (χ1n) is 9.19. The van der Waals surface area contributed by atoms with E-state index in [2.05, 4.69) is 24.9 Å². The molecule has 2 saturated carbocycles. The maximum absolute atomic E-state index is 13.9. The summed E-state index contributed by atoms with van der Waals surface area (Å²) in [6, 6.07) is -1.26. The molecule has 0 radical (unpaired) electrons. The van der Waals surface area contributed by atoms with Crippen LogP contribution in [0.4, 0.5) is 29.5 Å². The van der Waals surface area contributed by atoms with E-state index >= 15 is 0 Å². The molecule has 2 aliphatic rings. The van der Waals surface area contributed by atoms with Crippen molar-refractivity contribution in [2.45, 2.75) is 69.4 Å². The minimum atomic E-state index is -2.83. The summed E-state index contributed by atoms with van der Waals surface area (Å²) < 4.78 is 55.5. The number of H-pyrrole nitrogens is 1. The fourth-order valence-corrected chi connectivity index (χ4v) is 4.10. The Hall–Kier alpha value is -2.46. The number of nitrogens with one attached hydrogen (secondary N) is 1. The summed E-state index contributed by atoms with van der Waals surface area (Å²) in [6.45, 7) is 1.75. The van der Waals surface area contributed by atoms with Crippen LogP contribution in [0.25, 0.3) is 11.5 Å². The normalized spacial score (nSPS) is 25.9. The van der Waals surface area contributed by atoms with Gasteiger partial charge in [-0.3, -0.25) is 0 Å². The molecule has 2 aromatic heterocycles. The summed E-state index contributed by atoms with van der Waals surface area (Å²) >= 11 is 0. The predicted molar refractivity (Wildman–Crippen MR) is 94.2 cm³/mol. The number of hydrogen-bond acceptors (Lipinski definition) is 6. The molecule has 0 aliphatic heterocycles. The molecule has 2 fully saturated rings. The minimum absolute atomic E-state index is 0.0557. The van der Waals surface area contributed by atoms with E-state index in [0.717, 1.165) is 0 Å². The number of aromatic amines is 1. The van der Waals surface area contributed by atoms with Crippen LogP contribution in [0.2, 0.25) is 0 Å². The van der Waals surface area contributed by atoms with E-state index in [1.807, 2.05) is 0 Å². The van der Waals surface area contributed by atoms with Crippen molar-refractivity contribution in [2.75, 3.05) is 10.6 Å². The minimum Gasteiger partial charge on any atom is -0.368 e. The largest absolute Gasteiger partial charge is 0.368 e. The van der Waals surface area contributed by atoms with E-state index in [1.165, 1.54) is 11.1 Å². The fraction of sp³-hybridized carbons (Fsp3) is 0.647. The molecule has 2 heterocycles. The number of hydrogen-bond donors (Lipinski definition) is 2. The van der Waals surface area contributed by atoms with E-state index in [-0.39, 0.29) is 43.4 Å². The first kappa shape index (κ1) is 18.9. The Morgan fingerprint density at radius 2 is 1.64 bits per heavy atom. The molecule has 152 valence electrons. The van der Waals surface area contributed by atoms with Gasteiger partial charge in [-0.25, -0.2) is 22.5 Å². The molecule has 0 saturated heterocycles. The van der Waals surface area contributed by atoms with Crippen molar-refractivity contribution >= 4 is 11.9 Å². The Morgan fingerprint density at radius 3 is 2.11 bits per heavy atom. The number of anilines is 2. The average Bonchev–Trinajstić information content (AvgIpc) is 3.27. The highest BCUT2D eigenvalue weighted by Gasteiger charge is 2.49. The highest BCUT2D eigenvalue weighted by atomic mass is 19.3. The zero-order valence-corrected chi connectivity index (χ0v) is 15.3. The average molecular weight is 399 g/mol. The summed E-state index contributed by atoms with van der Waals surface area (Å²) in [6.07, 6.45) is 0.469. The van der Waals surface area contributed by atoms with Crippen molar-refractivity contribution in [1.29, 1.82) is 0 Å². The Labute approximate surface area is 158 Å². The van der Waals surface area contributed by atoms with Gasteiger partial charge in [0, 0.05) is 37.8 Å². The summed E-state index contributed by atoms with van der Waals surface area (Å²) in [5.74, 6) is -4.87. The van der Waals surface area contributed by atoms with Crippen molar-refractivity contribution in [3.63, 3.8) is 0 Å². The van der Waals surface area contributed by atoms with E-state index in [9.17, 15) is 17.6 Å². The van der Waals surface area contributed by atoms with Gasteiger partial charge in [-0.05, 0) is 19.8 Å². The molecule has 3 N–H and O–H groups in total.